The van der Waals surface area contributed by atoms with E-state index in [-0.39, 0.29) is 6.54 Å². The Kier molecular flexibility index (Phi) is 5.96. The minimum absolute atomic E-state index is 0.278. The van der Waals surface area contributed by atoms with Crippen molar-refractivity contribution >= 4 is 21.7 Å². The standard InChI is InChI=1S/C19H27N5O2S/c1-14-22-18(13-19(23-14)24(2)3)20-10-11-21-27(25,26)17-9-8-15-6-4-5-7-16(15)12-17/h8-9,12-13,21H,4-7,10-11H2,1-3H3,(H,20,22,23). The number of nitrogens with zero attached hydrogens (tertiary/aromatic N) is 3. The van der Waals surface area contributed by atoms with Crippen LogP contribution in [0, 0.1) is 6.92 Å². The van der Waals surface area contributed by atoms with Crippen LogP contribution in [0.2, 0.25) is 0 Å². The van der Waals surface area contributed by atoms with Crippen LogP contribution in [0.1, 0.15) is 29.8 Å². The Morgan fingerprint density at radius 2 is 1.78 bits per heavy atom. The van der Waals surface area contributed by atoms with Gasteiger partial charge in [-0.15, -0.1) is 0 Å². The van der Waals surface area contributed by atoms with Crippen LogP contribution in [0.25, 0.3) is 0 Å². The van der Waals surface area contributed by atoms with Crippen molar-refractivity contribution < 1.29 is 8.42 Å². The van der Waals surface area contributed by atoms with Gasteiger partial charge in [0, 0.05) is 33.3 Å². The van der Waals surface area contributed by atoms with E-state index in [4.69, 9.17) is 0 Å². The molecular weight excluding hydrogens is 362 g/mol. The second-order valence-electron chi connectivity index (χ2n) is 7.02. The maximum Gasteiger partial charge on any atom is 0.240 e. The second-order valence-corrected chi connectivity index (χ2v) is 8.78. The van der Waals surface area contributed by atoms with Gasteiger partial charge in [-0.3, -0.25) is 0 Å². The van der Waals surface area contributed by atoms with Crippen LogP contribution < -0.4 is 14.9 Å². The molecular formula is C19H27N5O2S. The molecule has 27 heavy (non-hydrogen) atoms. The van der Waals surface area contributed by atoms with Crippen LogP contribution >= 0.6 is 0 Å². The maximum absolute atomic E-state index is 12.6. The summed E-state index contributed by atoms with van der Waals surface area (Å²) in [6, 6.07) is 7.32. The highest BCUT2D eigenvalue weighted by Gasteiger charge is 2.17. The van der Waals surface area contributed by atoms with E-state index in [1.54, 1.807) is 6.07 Å². The number of aryl methyl sites for hydroxylation is 3. The van der Waals surface area contributed by atoms with Crippen LogP contribution in [-0.4, -0.2) is 45.6 Å². The van der Waals surface area contributed by atoms with Crippen molar-refractivity contribution in [3.05, 3.63) is 41.2 Å². The first kappa shape index (κ1) is 19.6. The highest BCUT2D eigenvalue weighted by atomic mass is 32.2. The van der Waals surface area contributed by atoms with Gasteiger partial charge in [0.05, 0.1) is 4.90 Å². The van der Waals surface area contributed by atoms with E-state index >= 15 is 0 Å². The first-order chi connectivity index (χ1) is 12.8. The van der Waals surface area contributed by atoms with E-state index in [1.807, 2.05) is 44.1 Å². The molecule has 8 heteroatoms. The fraction of sp³-hybridized carbons (Fsp3) is 0.474. The number of nitrogens with one attached hydrogen (secondary N) is 2. The minimum atomic E-state index is -3.51. The molecule has 0 spiro atoms. The molecule has 2 N–H and O–H groups in total. The molecule has 0 atom stereocenters. The van der Waals surface area contributed by atoms with Gasteiger partial charge in [-0.05, 0) is 55.9 Å². The molecule has 1 aliphatic carbocycles. The van der Waals surface area contributed by atoms with Crippen molar-refractivity contribution in [3.8, 4) is 0 Å². The highest BCUT2D eigenvalue weighted by Crippen LogP contribution is 2.24. The Bertz CT molecular complexity index is 912. The zero-order valence-corrected chi connectivity index (χ0v) is 16.9. The van der Waals surface area contributed by atoms with Crippen molar-refractivity contribution in [2.75, 3.05) is 37.4 Å². The van der Waals surface area contributed by atoms with Gasteiger partial charge in [-0.2, -0.15) is 0 Å². The molecule has 1 heterocycles. The van der Waals surface area contributed by atoms with Gasteiger partial charge in [-0.1, -0.05) is 6.07 Å². The normalized spacial score (nSPS) is 13.9. The molecule has 1 aliphatic rings. The minimum Gasteiger partial charge on any atom is -0.369 e. The molecule has 1 aromatic heterocycles. The van der Waals surface area contributed by atoms with Gasteiger partial charge < -0.3 is 10.2 Å². The number of anilines is 2. The topological polar surface area (TPSA) is 87.2 Å². The van der Waals surface area contributed by atoms with Gasteiger partial charge in [0.1, 0.15) is 17.5 Å². The third kappa shape index (κ3) is 4.95. The van der Waals surface area contributed by atoms with Crippen LogP contribution in [0.15, 0.2) is 29.2 Å². The summed E-state index contributed by atoms with van der Waals surface area (Å²) in [5.41, 5.74) is 2.44. The van der Waals surface area contributed by atoms with Crippen LogP contribution in [0.5, 0.6) is 0 Å². The number of hydrogen-bond acceptors (Lipinski definition) is 6. The lowest BCUT2D eigenvalue weighted by atomic mass is 9.92. The molecule has 0 aliphatic heterocycles. The fourth-order valence-electron chi connectivity index (χ4n) is 3.21. The summed E-state index contributed by atoms with van der Waals surface area (Å²) in [7, 11) is 0.321. The molecule has 146 valence electrons. The van der Waals surface area contributed by atoms with E-state index in [0.29, 0.717) is 23.1 Å². The Balaban J connectivity index is 1.58. The van der Waals surface area contributed by atoms with Gasteiger partial charge in [0.2, 0.25) is 10.0 Å². The monoisotopic (exact) mass is 389 g/mol. The zero-order valence-electron chi connectivity index (χ0n) is 16.1. The van der Waals surface area contributed by atoms with E-state index in [9.17, 15) is 8.42 Å². The smallest absolute Gasteiger partial charge is 0.240 e. The molecule has 7 nitrogen and oxygen atoms in total. The first-order valence-electron chi connectivity index (χ1n) is 9.23. The Morgan fingerprint density at radius 1 is 1.04 bits per heavy atom. The van der Waals surface area contributed by atoms with Crippen LogP contribution in [-0.2, 0) is 22.9 Å². The average molecular weight is 390 g/mol. The molecule has 0 saturated heterocycles. The van der Waals surface area contributed by atoms with E-state index in [1.165, 1.54) is 12.0 Å². The van der Waals surface area contributed by atoms with Crippen molar-refractivity contribution in [1.29, 1.82) is 0 Å². The summed E-state index contributed by atoms with van der Waals surface area (Å²) in [4.78, 5) is 10.9. The zero-order chi connectivity index (χ0) is 19.4. The largest absolute Gasteiger partial charge is 0.369 e. The second kappa shape index (κ2) is 8.22. The predicted molar refractivity (Wildman–Crippen MR) is 108 cm³/mol. The predicted octanol–water partition coefficient (Wildman–Crippen LogP) is 2.12. The first-order valence-corrected chi connectivity index (χ1v) is 10.7. The third-order valence-electron chi connectivity index (χ3n) is 4.64. The molecule has 2 aromatic rings. The van der Waals surface area contributed by atoms with Gasteiger partial charge in [-0.25, -0.2) is 23.1 Å². The van der Waals surface area contributed by atoms with Gasteiger partial charge in [0.25, 0.3) is 0 Å². The van der Waals surface area contributed by atoms with Gasteiger partial charge in [0.15, 0.2) is 0 Å². The SMILES string of the molecule is Cc1nc(NCCNS(=O)(=O)c2ccc3c(c2)CCCC3)cc(N(C)C)n1. The molecule has 0 bridgehead atoms. The van der Waals surface area contributed by atoms with Crippen LogP contribution in [0.3, 0.4) is 0 Å². The summed E-state index contributed by atoms with van der Waals surface area (Å²) >= 11 is 0. The lowest BCUT2D eigenvalue weighted by Crippen LogP contribution is -2.29. The van der Waals surface area contributed by atoms with E-state index < -0.39 is 10.0 Å². The molecule has 0 fully saturated rings. The number of aromatic nitrogens is 2. The molecule has 0 saturated carbocycles. The summed E-state index contributed by atoms with van der Waals surface area (Å²) in [6.07, 6.45) is 4.31. The molecule has 0 amide bonds. The quantitative estimate of drug-likeness (QED) is 0.706. The Labute approximate surface area is 161 Å². The summed E-state index contributed by atoms with van der Waals surface area (Å²) in [5.74, 6) is 2.15. The fourth-order valence-corrected chi connectivity index (χ4v) is 4.29. The average Bonchev–Trinajstić information content (AvgIpc) is 2.64. The highest BCUT2D eigenvalue weighted by molar-refractivity contribution is 7.89. The number of rotatable bonds is 7. The number of fused-ring (bicyclic) bond motifs is 1. The number of sulfonamides is 1. The van der Waals surface area contributed by atoms with Crippen molar-refractivity contribution in [2.45, 2.75) is 37.5 Å². The van der Waals surface area contributed by atoms with Crippen molar-refractivity contribution in [1.82, 2.24) is 14.7 Å². The molecule has 0 radical (unpaired) electrons. The van der Waals surface area contributed by atoms with E-state index in [2.05, 4.69) is 20.0 Å². The molecule has 0 unspecified atom stereocenters. The Hall–Kier alpha value is -2.19. The van der Waals surface area contributed by atoms with Gasteiger partial charge >= 0.3 is 0 Å². The lowest BCUT2D eigenvalue weighted by molar-refractivity contribution is 0.582. The lowest BCUT2D eigenvalue weighted by Gasteiger charge is -2.17. The maximum atomic E-state index is 12.6. The van der Waals surface area contributed by atoms with Crippen LogP contribution in [0.4, 0.5) is 11.6 Å². The number of benzene rings is 1. The summed E-state index contributed by atoms with van der Waals surface area (Å²) in [6.45, 7) is 2.55. The molecule has 1 aromatic carbocycles. The third-order valence-corrected chi connectivity index (χ3v) is 6.09. The summed E-state index contributed by atoms with van der Waals surface area (Å²) < 4.78 is 27.8. The Morgan fingerprint density at radius 3 is 2.52 bits per heavy atom. The number of hydrogen-bond donors (Lipinski definition) is 2. The summed E-state index contributed by atoms with van der Waals surface area (Å²) in [5, 5.41) is 3.15. The van der Waals surface area contributed by atoms with Crippen molar-refractivity contribution in [2.24, 2.45) is 0 Å². The molecule has 3 rings (SSSR count). The van der Waals surface area contributed by atoms with E-state index in [0.717, 1.165) is 30.6 Å². The van der Waals surface area contributed by atoms with Crippen molar-refractivity contribution in [3.63, 3.8) is 0 Å².